The Morgan fingerprint density at radius 1 is 1.12 bits per heavy atom. The van der Waals surface area contributed by atoms with Gasteiger partial charge in [0.1, 0.15) is 12.1 Å². The molecule has 3 heterocycles. The number of likely N-dealkylation sites (tertiary alicyclic amines) is 1. The van der Waals surface area contributed by atoms with Crippen molar-refractivity contribution < 1.29 is 32.4 Å². The number of ketones is 1. The molecule has 0 spiro atoms. The van der Waals surface area contributed by atoms with Crippen molar-refractivity contribution in [3.63, 3.8) is 0 Å². The number of rotatable bonds is 14. The summed E-state index contributed by atoms with van der Waals surface area (Å²) in [5, 5.41) is 13.0. The van der Waals surface area contributed by atoms with E-state index in [4.69, 9.17) is 0 Å². The Hall–Kier alpha value is -3.56. The van der Waals surface area contributed by atoms with Crippen molar-refractivity contribution in [3.05, 3.63) is 41.1 Å². The molecule has 2 aliphatic heterocycles. The summed E-state index contributed by atoms with van der Waals surface area (Å²) in [6.07, 6.45) is 10.3. The van der Waals surface area contributed by atoms with Gasteiger partial charge in [-0.1, -0.05) is 65.2 Å². The van der Waals surface area contributed by atoms with Gasteiger partial charge in [-0.15, -0.1) is 17.9 Å². The van der Waals surface area contributed by atoms with Crippen LogP contribution in [0.3, 0.4) is 0 Å². The lowest BCUT2D eigenvalue weighted by atomic mass is 9.84. The lowest BCUT2D eigenvalue weighted by Crippen LogP contribution is -2.63. The molecule has 280 valence electrons. The van der Waals surface area contributed by atoms with Crippen LogP contribution in [0.2, 0.25) is 0 Å². The molecule has 1 saturated carbocycles. The first kappa shape index (κ1) is 38.7. The number of nitrogens with zero attached hydrogens (tertiary/aromatic N) is 2. The highest BCUT2D eigenvalue weighted by Gasteiger charge is 2.47. The van der Waals surface area contributed by atoms with Gasteiger partial charge in [0.25, 0.3) is 5.91 Å². The minimum absolute atomic E-state index is 0.0237. The molecule has 13 nitrogen and oxygen atoms in total. The van der Waals surface area contributed by atoms with Crippen molar-refractivity contribution in [2.75, 3.05) is 19.6 Å². The highest BCUT2D eigenvalue weighted by molar-refractivity contribution is 7.89. The third-order valence-electron chi connectivity index (χ3n) is 10.4. The van der Waals surface area contributed by atoms with Crippen LogP contribution in [0.15, 0.2) is 41.1 Å². The molecule has 0 bridgehead atoms. The number of carbonyl (C=O) groups is 5. The number of allylic oxidation sites excluding steroid dienone is 1. The van der Waals surface area contributed by atoms with E-state index < -0.39 is 68.6 Å². The minimum Gasteiger partial charge on any atom is -0.346 e. The van der Waals surface area contributed by atoms with E-state index in [1.807, 2.05) is 39.8 Å². The Morgan fingerprint density at radius 2 is 1.86 bits per heavy atom. The van der Waals surface area contributed by atoms with Gasteiger partial charge >= 0.3 is 6.03 Å². The van der Waals surface area contributed by atoms with E-state index in [2.05, 4.69) is 27.8 Å². The van der Waals surface area contributed by atoms with Crippen LogP contribution in [0.4, 0.5) is 4.79 Å². The second-order valence-corrected chi connectivity index (χ2v) is 18.4. The minimum atomic E-state index is -3.69. The van der Waals surface area contributed by atoms with Crippen molar-refractivity contribution in [3.8, 4) is 0 Å². The second-order valence-electron chi connectivity index (χ2n) is 15.5. The van der Waals surface area contributed by atoms with E-state index in [1.54, 1.807) is 11.4 Å². The summed E-state index contributed by atoms with van der Waals surface area (Å²) in [6, 6.07) is -1.92. The first-order valence-corrected chi connectivity index (χ1v) is 20.2. The van der Waals surface area contributed by atoms with Gasteiger partial charge in [-0.05, 0) is 60.8 Å². The maximum absolute atomic E-state index is 14.4. The molecule has 15 heteroatoms. The van der Waals surface area contributed by atoms with E-state index in [-0.39, 0.29) is 31.5 Å². The third-order valence-corrected chi connectivity index (χ3v) is 13.3. The number of sulfonamides is 1. The average Bonchev–Trinajstić information content (AvgIpc) is 3.48. The van der Waals surface area contributed by atoms with Gasteiger partial charge in [-0.3, -0.25) is 19.2 Å². The smallest absolute Gasteiger partial charge is 0.315 e. The molecule has 1 aromatic heterocycles. The molecule has 4 N–H and O–H groups in total. The molecule has 51 heavy (non-hydrogen) atoms. The fourth-order valence-electron chi connectivity index (χ4n) is 7.25. The zero-order valence-corrected chi connectivity index (χ0v) is 31.7. The van der Waals surface area contributed by atoms with Crippen molar-refractivity contribution in [2.45, 2.75) is 114 Å². The zero-order chi connectivity index (χ0) is 37.1. The van der Waals surface area contributed by atoms with Gasteiger partial charge < -0.3 is 26.2 Å². The standard InChI is InChI=1S/C36H52N6O7S2/c1-6-16-37-32(45)29(43)25(18-24-11-12-24)38-31(44)26-19-23(7-2)20-42(26)33(46)30(35(3,4)5)39-34(47)40-36(14-9-8-10-15-36)22-41-21-27-28(13-17-50-27)51(41,48)49/h6,8-9,13,17,23-26,30H,1,7,10-12,14-16,18-22H2,2-5H3,(H,37,45)(H,38,44)(H2,39,40,47)/t23-,25?,26+,30-,36-/m1/s1. The second kappa shape index (κ2) is 15.6. The molecule has 4 aliphatic rings. The molecule has 2 fully saturated rings. The average molecular weight is 745 g/mol. The molecule has 0 aromatic carbocycles. The first-order valence-electron chi connectivity index (χ1n) is 17.9. The lowest BCUT2D eigenvalue weighted by Gasteiger charge is -2.40. The fraction of sp³-hybridized carbons (Fsp3) is 0.639. The van der Waals surface area contributed by atoms with Crippen molar-refractivity contribution >= 4 is 50.9 Å². The predicted molar refractivity (Wildman–Crippen MR) is 194 cm³/mol. The summed E-state index contributed by atoms with van der Waals surface area (Å²) in [4.78, 5) is 70.4. The van der Waals surface area contributed by atoms with Crippen molar-refractivity contribution in [2.24, 2.45) is 17.3 Å². The topological polar surface area (TPSA) is 174 Å². The van der Waals surface area contributed by atoms with E-state index in [9.17, 15) is 32.4 Å². The Balaban J connectivity index is 1.31. The predicted octanol–water partition coefficient (Wildman–Crippen LogP) is 3.23. The molecular weight excluding hydrogens is 693 g/mol. The molecule has 1 unspecified atom stereocenters. The Morgan fingerprint density at radius 3 is 2.47 bits per heavy atom. The summed E-state index contributed by atoms with van der Waals surface area (Å²) in [6.45, 7) is 11.8. The molecule has 0 radical (unpaired) electrons. The number of fused-ring (bicyclic) bond motifs is 1. The Labute approximate surface area is 305 Å². The quantitative estimate of drug-likeness (QED) is 0.167. The maximum Gasteiger partial charge on any atom is 0.315 e. The number of thiophene rings is 1. The van der Waals surface area contributed by atoms with Crippen LogP contribution >= 0.6 is 11.3 Å². The Bertz CT molecular complexity index is 1660. The van der Waals surface area contributed by atoms with Crippen molar-refractivity contribution in [1.29, 1.82) is 0 Å². The highest BCUT2D eigenvalue weighted by Crippen LogP contribution is 2.37. The summed E-state index contributed by atoms with van der Waals surface area (Å²) in [5.41, 5.74) is -1.66. The van der Waals surface area contributed by atoms with E-state index in [0.717, 1.165) is 24.1 Å². The molecule has 1 saturated heterocycles. The number of hydrogen-bond acceptors (Lipinski definition) is 8. The van der Waals surface area contributed by atoms with E-state index in [0.29, 0.717) is 43.5 Å². The van der Waals surface area contributed by atoms with Gasteiger partial charge in [0, 0.05) is 31.1 Å². The first-order chi connectivity index (χ1) is 24.1. The monoisotopic (exact) mass is 744 g/mol. The summed E-state index contributed by atoms with van der Waals surface area (Å²) in [5.74, 6) is -2.18. The van der Waals surface area contributed by atoms with Crippen LogP contribution in [0.1, 0.15) is 83.9 Å². The molecule has 5 atom stereocenters. The molecule has 5 rings (SSSR count). The molecule has 2 aliphatic carbocycles. The van der Waals surface area contributed by atoms with Gasteiger partial charge in [0.2, 0.25) is 27.6 Å². The third kappa shape index (κ3) is 8.91. The van der Waals surface area contributed by atoms with Gasteiger partial charge in [-0.2, -0.15) is 4.31 Å². The van der Waals surface area contributed by atoms with Gasteiger partial charge in [-0.25, -0.2) is 13.2 Å². The number of urea groups is 1. The largest absolute Gasteiger partial charge is 0.346 e. The summed E-state index contributed by atoms with van der Waals surface area (Å²) >= 11 is 1.39. The molecule has 1 aromatic rings. The highest BCUT2D eigenvalue weighted by atomic mass is 32.2. The number of nitrogens with one attached hydrogen (secondary N) is 4. The van der Waals surface area contributed by atoms with E-state index >= 15 is 0 Å². The number of amides is 5. The zero-order valence-electron chi connectivity index (χ0n) is 30.0. The van der Waals surface area contributed by atoms with Crippen LogP contribution in [0.25, 0.3) is 0 Å². The molecule has 5 amide bonds. The Kier molecular flexibility index (Phi) is 11.8. The summed E-state index contributed by atoms with van der Waals surface area (Å²) < 4.78 is 28.1. The van der Waals surface area contributed by atoms with Crippen LogP contribution in [0.5, 0.6) is 0 Å². The number of Topliss-reactive ketones (excluding diaryl/α,β-unsaturated/α-hetero) is 1. The van der Waals surface area contributed by atoms with E-state index in [1.165, 1.54) is 26.6 Å². The maximum atomic E-state index is 14.4. The van der Waals surface area contributed by atoms with Gasteiger partial charge in [0.05, 0.1) is 16.5 Å². The van der Waals surface area contributed by atoms with Crippen LogP contribution in [-0.2, 0) is 35.7 Å². The normalized spacial score (nSPS) is 25.4. The molecular formula is C36H52N6O7S2. The van der Waals surface area contributed by atoms with Crippen molar-refractivity contribution in [1.82, 2.24) is 30.5 Å². The number of carbonyl (C=O) groups excluding carboxylic acids is 5. The van der Waals surface area contributed by atoms with Crippen LogP contribution in [0, 0.1) is 17.3 Å². The lowest BCUT2D eigenvalue weighted by molar-refractivity contribution is -0.143. The number of hydrogen-bond donors (Lipinski definition) is 4. The summed E-state index contributed by atoms with van der Waals surface area (Å²) in [7, 11) is -3.69. The SMILES string of the molecule is C=CCNC(=O)C(=O)C(CC1CC1)NC(=O)[C@@H]1C[C@@H](CC)CN1C(=O)[C@@H](NC(=O)N[C@]1(CN2Cc3sccc3S2(=O)=O)CC=CCC1)C(C)(C)C. The van der Waals surface area contributed by atoms with Crippen LogP contribution in [-0.4, -0.2) is 90.5 Å². The van der Waals surface area contributed by atoms with Gasteiger partial charge in [0.15, 0.2) is 0 Å². The van der Waals surface area contributed by atoms with Crippen LogP contribution < -0.4 is 21.3 Å². The fourth-order valence-corrected chi connectivity index (χ4v) is 10.2.